The molecule has 0 amide bonds. The van der Waals surface area contributed by atoms with Gasteiger partial charge in [-0.25, -0.2) is 4.79 Å². The van der Waals surface area contributed by atoms with Crippen LogP contribution in [0.15, 0.2) is 48.5 Å². The van der Waals surface area contributed by atoms with Crippen molar-refractivity contribution in [2.24, 2.45) is 0 Å². The lowest BCUT2D eigenvalue weighted by Crippen LogP contribution is -2.65. The summed E-state index contributed by atoms with van der Waals surface area (Å²) in [5.41, 5.74) is 1.18. The molecule has 2 aliphatic heterocycles. The van der Waals surface area contributed by atoms with Crippen molar-refractivity contribution in [2.45, 2.75) is 81.7 Å². The Morgan fingerprint density at radius 3 is 2.24 bits per heavy atom. The van der Waals surface area contributed by atoms with Gasteiger partial charge in [0.1, 0.15) is 49.0 Å². The molecule has 15 nitrogen and oxygen atoms in total. The molecule has 0 saturated carbocycles. The Morgan fingerprint density at radius 2 is 1.57 bits per heavy atom. The quantitative estimate of drug-likeness (QED) is 0.0952. The number of rotatable bonds is 11. The number of phenolic OH excluding ortho intramolecular Hbond substituents is 3. The summed E-state index contributed by atoms with van der Waals surface area (Å²) in [6, 6.07) is 10.2. The number of aromatic hydroxyl groups is 3. The SMILES string of the molecule is CC(=O)O[C@H]1[C@H](OCCc2ccc(O)c(O)c2)O[C@H](COC(=O)/C=C\c2ccc(O)cc2)[C@@H](O)[C@@H]1O[C@@H]1O[C@@H](C)[C@H](O)[C@@H](O)[C@H]1O. The zero-order valence-electron chi connectivity index (χ0n) is 25.0. The van der Waals surface area contributed by atoms with Crippen molar-refractivity contribution < 1.29 is 73.8 Å². The van der Waals surface area contributed by atoms with Gasteiger partial charge in [-0.15, -0.1) is 0 Å². The minimum absolute atomic E-state index is 0.0521. The minimum Gasteiger partial charge on any atom is -0.508 e. The maximum absolute atomic E-state index is 12.5. The first-order chi connectivity index (χ1) is 21.8. The van der Waals surface area contributed by atoms with Gasteiger partial charge in [-0.1, -0.05) is 18.2 Å². The standard InChI is InChI=1S/C31H38O15/c1-15-24(37)26(39)27(40)30(43-15)46-28-25(38)22(14-42-23(36)10-6-17-3-7-19(33)8-4-17)45-31(29(28)44-16(2)32)41-12-11-18-5-9-20(34)21(35)13-18/h3-10,13,15,22,24-31,33-35,37-40H,11-12,14H2,1-2H3/b10-6-/t15-,22+,24-,25+,26+,27+,28-,29+,30-,31+/m0/s1. The first kappa shape index (κ1) is 35.1. The topological polar surface area (TPSA) is 231 Å². The smallest absolute Gasteiger partial charge is 0.330 e. The normalized spacial score (nSPS) is 31.4. The third kappa shape index (κ3) is 8.92. The molecule has 46 heavy (non-hydrogen) atoms. The molecule has 2 heterocycles. The van der Waals surface area contributed by atoms with Gasteiger partial charge in [0.25, 0.3) is 0 Å². The van der Waals surface area contributed by atoms with Gasteiger partial charge in [0.15, 0.2) is 30.2 Å². The fraction of sp³-hybridized carbons (Fsp3) is 0.484. The lowest BCUT2D eigenvalue weighted by molar-refractivity contribution is -0.357. The van der Waals surface area contributed by atoms with Crippen LogP contribution in [0.5, 0.6) is 17.2 Å². The third-order valence-corrected chi connectivity index (χ3v) is 7.43. The van der Waals surface area contributed by atoms with E-state index in [2.05, 4.69) is 0 Å². The van der Waals surface area contributed by atoms with E-state index in [1.807, 2.05) is 0 Å². The molecular weight excluding hydrogens is 612 g/mol. The first-order valence-corrected chi connectivity index (χ1v) is 14.5. The Balaban J connectivity index is 1.52. The molecule has 0 spiro atoms. The van der Waals surface area contributed by atoms with Crippen LogP contribution >= 0.6 is 0 Å². The molecule has 2 aliphatic rings. The van der Waals surface area contributed by atoms with Crippen molar-refractivity contribution in [1.29, 1.82) is 0 Å². The van der Waals surface area contributed by atoms with Crippen molar-refractivity contribution in [1.82, 2.24) is 0 Å². The summed E-state index contributed by atoms with van der Waals surface area (Å²) in [6.07, 6.45) is -12.1. The first-order valence-electron chi connectivity index (χ1n) is 14.5. The van der Waals surface area contributed by atoms with E-state index in [4.69, 9.17) is 28.4 Å². The van der Waals surface area contributed by atoms with E-state index >= 15 is 0 Å². The molecule has 2 aromatic rings. The molecule has 2 fully saturated rings. The van der Waals surface area contributed by atoms with Crippen LogP contribution in [0.2, 0.25) is 0 Å². The average Bonchev–Trinajstić information content (AvgIpc) is 3.01. The van der Waals surface area contributed by atoms with Crippen LogP contribution in [0.25, 0.3) is 6.08 Å². The van der Waals surface area contributed by atoms with E-state index in [-0.39, 0.29) is 30.3 Å². The lowest BCUT2D eigenvalue weighted by Gasteiger charge is -2.46. The Labute approximate surface area is 263 Å². The predicted octanol–water partition coefficient (Wildman–Crippen LogP) is -0.151. The van der Waals surface area contributed by atoms with Crippen LogP contribution in [-0.2, 0) is 44.4 Å². The third-order valence-electron chi connectivity index (χ3n) is 7.43. The highest BCUT2D eigenvalue weighted by Crippen LogP contribution is 2.32. The van der Waals surface area contributed by atoms with Crippen LogP contribution in [0.4, 0.5) is 0 Å². The molecule has 2 saturated heterocycles. The Bertz CT molecular complexity index is 1350. The molecule has 0 aromatic heterocycles. The molecule has 0 aliphatic carbocycles. The van der Waals surface area contributed by atoms with Gasteiger partial charge in [0.05, 0.1) is 12.7 Å². The zero-order chi connectivity index (χ0) is 33.5. The molecule has 2 aromatic carbocycles. The number of hydrogen-bond donors (Lipinski definition) is 7. The predicted molar refractivity (Wildman–Crippen MR) is 155 cm³/mol. The molecule has 15 heteroatoms. The van der Waals surface area contributed by atoms with Crippen LogP contribution in [0.3, 0.4) is 0 Å². The summed E-state index contributed by atoms with van der Waals surface area (Å²) >= 11 is 0. The van der Waals surface area contributed by atoms with E-state index < -0.39 is 80.0 Å². The van der Waals surface area contributed by atoms with Crippen molar-refractivity contribution in [3.8, 4) is 17.2 Å². The summed E-state index contributed by atoms with van der Waals surface area (Å²) in [6.45, 7) is 1.93. The Hall–Kier alpha value is -3.80. The second-order valence-electron chi connectivity index (χ2n) is 10.9. The van der Waals surface area contributed by atoms with Crippen molar-refractivity contribution in [3.63, 3.8) is 0 Å². The number of aliphatic hydroxyl groups excluding tert-OH is 4. The van der Waals surface area contributed by atoms with Crippen molar-refractivity contribution >= 4 is 18.0 Å². The number of hydrogen-bond acceptors (Lipinski definition) is 15. The van der Waals surface area contributed by atoms with E-state index in [1.165, 1.54) is 37.3 Å². The summed E-state index contributed by atoms with van der Waals surface area (Å²) in [7, 11) is 0. The number of carbonyl (C=O) groups excluding carboxylic acids is 2. The van der Waals surface area contributed by atoms with Crippen LogP contribution < -0.4 is 0 Å². The highest BCUT2D eigenvalue weighted by molar-refractivity contribution is 5.87. The fourth-order valence-electron chi connectivity index (χ4n) is 4.90. The van der Waals surface area contributed by atoms with Crippen LogP contribution in [0.1, 0.15) is 25.0 Å². The van der Waals surface area contributed by atoms with Crippen LogP contribution in [-0.4, -0.2) is 122 Å². The molecule has 0 unspecified atom stereocenters. The second-order valence-corrected chi connectivity index (χ2v) is 10.9. The summed E-state index contributed by atoms with van der Waals surface area (Å²) in [4.78, 5) is 24.6. The van der Waals surface area contributed by atoms with E-state index in [0.29, 0.717) is 11.1 Å². The molecule has 0 bridgehead atoms. The number of carbonyl (C=O) groups is 2. The molecule has 7 N–H and O–H groups in total. The zero-order valence-corrected chi connectivity index (χ0v) is 25.0. The van der Waals surface area contributed by atoms with Gasteiger partial charge in [0.2, 0.25) is 0 Å². The number of aliphatic hydroxyl groups is 4. The maximum atomic E-state index is 12.5. The largest absolute Gasteiger partial charge is 0.508 e. The number of ether oxygens (including phenoxy) is 6. The lowest BCUT2D eigenvalue weighted by atomic mass is 9.97. The molecular formula is C31H38O15. The monoisotopic (exact) mass is 650 g/mol. The van der Waals surface area contributed by atoms with Crippen molar-refractivity contribution in [2.75, 3.05) is 13.2 Å². The van der Waals surface area contributed by atoms with Gasteiger partial charge < -0.3 is 64.2 Å². The van der Waals surface area contributed by atoms with E-state index in [0.717, 1.165) is 13.0 Å². The molecule has 4 rings (SSSR count). The minimum atomic E-state index is -1.76. The number of benzene rings is 2. The van der Waals surface area contributed by atoms with Gasteiger partial charge in [-0.2, -0.15) is 0 Å². The Kier molecular flexibility index (Phi) is 11.9. The number of phenols is 3. The van der Waals surface area contributed by atoms with Crippen molar-refractivity contribution in [3.05, 3.63) is 59.7 Å². The van der Waals surface area contributed by atoms with Gasteiger partial charge in [-0.05, 0) is 54.8 Å². The Morgan fingerprint density at radius 1 is 0.848 bits per heavy atom. The van der Waals surface area contributed by atoms with Gasteiger partial charge >= 0.3 is 11.9 Å². The summed E-state index contributed by atoms with van der Waals surface area (Å²) < 4.78 is 33.9. The second kappa shape index (κ2) is 15.7. The summed E-state index contributed by atoms with van der Waals surface area (Å²) in [5, 5.41) is 71.0. The molecule has 252 valence electrons. The van der Waals surface area contributed by atoms with Gasteiger partial charge in [-0.3, -0.25) is 4.79 Å². The van der Waals surface area contributed by atoms with Gasteiger partial charge in [0, 0.05) is 13.0 Å². The number of esters is 2. The maximum Gasteiger partial charge on any atom is 0.330 e. The molecule has 0 radical (unpaired) electrons. The highest BCUT2D eigenvalue weighted by Gasteiger charge is 2.52. The van der Waals surface area contributed by atoms with Crippen LogP contribution in [0, 0.1) is 0 Å². The fourth-order valence-corrected chi connectivity index (χ4v) is 4.90. The molecule has 10 atom stereocenters. The average molecular weight is 651 g/mol. The summed E-state index contributed by atoms with van der Waals surface area (Å²) in [5.74, 6) is -2.20. The van der Waals surface area contributed by atoms with E-state index in [1.54, 1.807) is 18.2 Å². The van der Waals surface area contributed by atoms with E-state index in [9.17, 15) is 45.3 Å². The highest BCUT2D eigenvalue weighted by atomic mass is 16.7.